The summed E-state index contributed by atoms with van der Waals surface area (Å²) in [5.41, 5.74) is 0.873. The van der Waals surface area contributed by atoms with Crippen molar-refractivity contribution in [1.29, 1.82) is 0 Å². The van der Waals surface area contributed by atoms with Gasteiger partial charge in [0.1, 0.15) is 5.75 Å². The van der Waals surface area contributed by atoms with Crippen molar-refractivity contribution in [1.82, 2.24) is 5.32 Å². The molecular formula is C10H14ClNO2. The molecule has 0 aliphatic carbocycles. The van der Waals surface area contributed by atoms with Crippen molar-refractivity contribution >= 4 is 11.6 Å². The largest absolute Gasteiger partial charge is 0.497 e. The summed E-state index contributed by atoms with van der Waals surface area (Å²) in [5.74, 6) is 0.714. The van der Waals surface area contributed by atoms with Gasteiger partial charge < -0.3 is 15.2 Å². The van der Waals surface area contributed by atoms with E-state index in [2.05, 4.69) is 5.32 Å². The average molecular weight is 216 g/mol. The third-order valence-corrected chi connectivity index (χ3v) is 2.44. The van der Waals surface area contributed by atoms with Crippen LogP contribution >= 0.6 is 11.6 Å². The number of halogens is 1. The SMILES string of the molecule is CNC(CO)c1ccc(OC)cc1Cl. The lowest BCUT2D eigenvalue weighted by atomic mass is 10.1. The molecule has 1 atom stereocenters. The van der Waals surface area contributed by atoms with Crippen LogP contribution in [0, 0.1) is 0 Å². The molecule has 14 heavy (non-hydrogen) atoms. The maximum atomic E-state index is 9.08. The van der Waals surface area contributed by atoms with Gasteiger partial charge in [-0.05, 0) is 24.7 Å². The Bertz CT molecular complexity index is 300. The van der Waals surface area contributed by atoms with E-state index in [1.54, 1.807) is 20.2 Å². The van der Waals surface area contributed by atoms with Crippen LogP contribution in [-0.2, 0) is 0 Å². The third kappa shape index (κ3) is 2.38. The van der Waals surface area contributed by atoms with E-state index in [-0.39, 0.29) is 12.6 Å². The Labute approximate surface area is 88.7 Å². The molecule has 0 saturated heterocycles. The quantitative estimate of drug-likeness (QED) is 0.802. The molecule has 1 aromatic rings. The lowest BCUT2D eigenvalue weighted by Gasteiger charge is -2.15. The molecule has 78 valence electrons. The van der Waals surface area contributed by atoms with Crippen LogP contribution in [0.15, 0.2) is 18.2 Å². The highest BCUT2D eigenvalue weighted by molar-refractivity contribution is 6.31. The molecule has 0 spiro atoms. The lowest BCUT2D eigenvalue weighted by Crippen LogP contribution is -2.20. The Kier molecular flexibility index (Phi) is 4.20. The van der Waals surface area contributed by atoms with Gasteiger partial charge in [-0.3, -0.25) is 0 Å². The van der Waals surface area contributed by atoms with Crippen molar-refractivity contribution in [3.05, 3.63) is 28.8 Å². The first-order valence-corrected chi connectivity index (χ1v) is 4.72. The monoisotopic (exact) mass is 215 g/mol. The molecule has 0 saturated carbocycles. The van der Waals surface area contributed by atoms with Crippen molar-refractivity contribution in [2.75, 3.05) is 20.8 Å². The van der Waals surface area contributed by atoms with E-state index in [0.717, 1.165) is 5.56 Å². The zero-order valence-corrected chi connectivity index (χ0v) is 9.01. The van der Waals surface area contributed by atoms with Gasteiger partial charge in [-0.25, -0.2) is 0 Å². The van der Waals surface area contributed by atoms with Crippen molar-refractivity contribution in [3.8, 4) is 5.75 Å². The molecule has 2 N–H and O–H groups in total. The highest BCUT2D eigenvalue weighted by atomic mass is 35.5. The van der Waals surface area contributed by atoms with Crippen molar-refractivity contribution in [2.45, 2.75) is 6.04 Å². The van der Waals surface area contributed by atoms with E-state index >= 15 is 0 Å². The molecule has 0 bridgehead atoms. The lowest BCUT2D eigenvalue weighted by molar-refractivity contribution is 0.251. The number of likely N-dealkylation sites (N-methyl/N-ethyl adjacent to an activating group) is 1. The van der Waals surface area contributed by atoms with Gasteiger partial charge in [0.05, 0.1) is 19.8 Å². The fraction of sp³-hybridized carbons (Fsp3) is 0.400. The van der Waals surface area contributed by atoms with Gasteiger partial charge in [0.2, 0.25) is 0 Å². The van der Waals surface area contributed by atoms with Crippen molar-refractivity contribution < 1.29 is 9.84 Å². The number of methoxy groups -OCH3 is 1. The minimum Gasteiger partial charge on any atom is -0.497 e. The number of aliphatic hydroxyl groups excluding tert-OH is 1. The first-order chi connectivity index (χ1) is 6.72. The minimum absolute atomic E-state index is 0.0164. The van der Waals surface area contributed by atoms with Crippen LogP contribution in [0.25, 0.3) is 0 Å². The molecule has 0 fully saturated rings. The molecule has 4 heteroatoms. The number of nitrogens with one attached hydrogen (secondary N) is 1. The van der Waals surface area contributed by atoms with E-state index < -0.39 is 0 Å². The van der Waals surface area contributed by atoms with E-state index in [4.69, 9.17) is 21.4 Å². The standard InChI is InChI=1S/C10H14ClNO2/c1-12-10(6-13)8-4-3-7(14-2)5-9(8)11/h3-5,10,12-13H,6H2,1-2H3. The predicted octanol–water partition coefficient (Wildman–Crippen LogP) is 1.60. The third-order valence-electron chi connectivity index (χ3n) is 2.11. The summed E-state index contributed by atoms with van der Waals surface area (Å²) < 4.78 is 5.03. The van der Waals surface area contributed by atoms with E-state index in [1.807, 2.05) is 12.1 Å². The zero-order chi connectivity index (χ0) is 10.6. The normalized spacial score (nSPS) is 12.6. The Hall–Kier alpha value is -0.770. The second-order valence-corrected chi connectivity index (χ2v) is 3.32. The Morgan fingerprint density at radius 3 is 2.71 bits per heavy atom. The average Bonchev–Trinajstić information content (AvgIpc) is 2.22. The maximum absolute atomic E-state index is 9.08. The van der Waals surface area contributed by atoms with Crippen LogP contribution in [0.2, 0.25) is 5.02 Å². The molecule has 0 heterocycles. The summed E-state index contributed by atoms with van der Waals surface area (Å²) in [5, 5.41) is 12.6. The predicted molar refractivity (Wildman–Crippen MR) is 56.9 cm³/mol. The maximum Gasteiger partial charge on any atom is 0.120 e. The summed E-state index contributed by atoms with van der Waals surface area (Å²) in [7, 11) is 3.37. The van der Waals surface area contributed by atoms with Crippen LogP contribution in [0.3, 0.4) is 0 Å². The van der Waals surface area contributed by atoms with E-state index in [9.17, 15) is 0 Å². The summed E-state index contributed by atoms with van der Waals surface area (Å²) in [4.78, 5) is 0. The topological polar surface area (TPSA) is 41.5 Å². The van der Waals surface area contributed by atoms with Gasteiger partial charge in [-0.15, -0.1) is 0 Å². The van der Waals surface area contributed by atoms with Gasteiger partial charge >= 0.3 is 0 Å². The summed E-state index contributed by atoms with van der Waals surface area (Å²) in [6.07, 6.45) is 0. The number of rotatable bonds is 4. The van der Waals surface area contributed by atoms with Crippen molar-refractivity contribution in [3.63, 3.8) is 0 Å². The van der Waals surface area contributed by atoms with E-state index in [0.29, 0.717) is 10.8 Å². The molecule has 0 aromatic heterocycles. The smallest absolute Gasteiger partial charge is 0.120 e. The molecule has 0 aliphatic heterocycles. The number of ether oxygens (including phenoxy) is 1. The molecule has 1 unspecified atom stereocenters. The van der Waals surface area contributed by atoms with Crippen LogP contribution in [-0.4, -0.2) is 25.9 Å². The van der Waals surface area contributed by atoms with Gasteiger partial charge in [-0.2, -0.15) is 0 Å². The Morgan fingerprint density at radius 2 is 2.29 bits per heavy atom. The number of hydrogen-bond donors (Lipinski definition) is 2. The zero-order valence-electron chi connectivity index (χ0n) is 8.25. The molecule has 3 nitrogen and oxygen atoms in total. The molecular weight excluding hydrogens is 202 g/mol. The molecule has 0 radical (unpaired) electrons. The Balaban J connectivity index is 2.98. The fourth-order valence-corrected chi connectivity index (χ4v) is 1.56. The van der Waals surface area contributed by atoms with Gasteiger partial charge in [-0.1, -0.05) is 17.7 Å². The molecule has 1 rings (SSSR count). The molecule has 0 amide bonds. The van der Waals surface area contributed by atoms with Crippen LogP contribution in [0.1, 0.15) is 11.6 Å². The molecule has 1 aromatic carbocycles. The summed E-state index contributed by atoms with van der Waals surface area (Å²) in [6, 6.07) is 5.27. The van der Waals surface area contributed by atoms with Gasteiger partial charge in [0.25, 0.3) is 0 Å². The first kappa shape index (κ1) is 11.3. The molecule has 0 aliphatic rings. The van der Waals surface area contributed by atoms with Crippen LogP contribution in [0.5, 0.6) is 5.75 Å². The summed E-state index contributed by atoms with van der Waals surface area (Å²) in [6.45, 7) is 0.0164. The summed E-state index contributed by atoms with van der Waals surface area (Å²) >= 11 is 6.03. The second-order valence-electron chi connectivity index (χ2n) is 2.91. The Morgan fingerprint density at radius 1 is 1.57 bits per heavy atom. The van der Waals surface area contributed by atoms with E-state index in [1.165, 1.54) is 0 Å². The van der Waals surface area contributed by atoms with Gasteiger partial charge in [0, 0.05) is 5.02 Å². The fourth-order valence-electron chi connectivity index (χ4n) is 1.26. The van der Waals surface area contributed by atoms with Crippen LogP contribution < -0.4 is 10.1 Å². The van der Waals surface area contributed by atoms with Crippen LogP contribution in [0.4, 0.5) is 0 Å². The number of aliphatic hydroxyl groups is 1. The highest BCUT2D eigenvalue weighted by Crippen LogP contribution is 2.26. The second kappa shape index (κ2) is 5.20. The highest BCUT2D eigenvalue weighted by Gasteiger charge is 2.11. The van der Waals surface area contributed by atoms with Crippen molar-refractivity contribution in [2.24, 2.45) is 0 Å². The number of benzene rings is 1. The first-order valence-electron chi connectivity index (χ1n) is 4.34. The minimum atomic E-state index is -0.131. The number of hydrogen-bond acceptors (Lipinski definition) is 3. The van der Waals surface area contributed by atoms with Gasteiger partial charge in [0.15, 0.2) is 0 Å².